The van der Waals surface area contributed by atoms with Crippen molar-refractivity contribution in [3.05, 3.63) is 34.7 Å². The highest BCUT2D eigenvalue weighted by atomic mass is 32.1. The van der Waals surface area contributed by atoms with Crippen LogP contribution in [0.5, 0.6) is 0 Å². The Kier molecular flexibility index (Phi) is 8.68. The molecular weight excluding hydrogens is 496 g/mol. The number of ether oxygens (including phenoxy) is 2. The van der Waals surface area contributed by atoms with Gasteiger partial charge in [0, 0.05) is 18.8 Å². The molecular formula is C26H32N4O4S2. The number of carbonyl (C=O) groups excluding carboxylic acids is 2. The number of azo groups is 1. The lowest BCUT2D eigenvalue weighted by Crippen LogP contribution is -2.29. The number of aromatic nitrogens is 1. The summed E-state index contributed by atoms with van der Waals surface area (Å²) >= 11 is 2.75. The molecule has 1 aliphatic rings. The Balaban J connectivity index is 1.37. The topological polar surface area (TPSA) is 93.5 Å². The maximum absolute atomic E-state index is 12.9. The Labute approximate surface area is 219 Å². The minimum absolute atomic E-state index is 0.0918. The summed E-state index contributed by atoms with van der Waals surface area (Å²) in [6.45, 7) is 10.3. The van der Waals surface area contributed by atoms with E-state index in [1.165, 1.54) is 22.7 Å². The van der Waals surface area contributed by atoms with E-state index in [1.807, 2.05) is 38.1 Å². The van der Waals surface area contributed by atoms with E-state index in [0.717, 1.165) is 39.6 Å². The third-order valence-electron chi connectivity index (χ3n) is 6.45. The van der Waals surface area contributed by atoms with Gasteiger partial charge in [0.15, 0.2) is 0 Å². The van der Waals surface area contributed by atoms with Crippen LogP contribution in [0.2, 0.25) is 0 Å². The van der Waals surface area contributed by atoms with E-state index in [0.29, 0.717) is 42.3 Å². The first kappa shape index (κ1) is 26.2. The van der Waals surface area contributed by atoms with Crippen LogP contribution < -0.4 is 4.90 Å². The highest BCUT2D eigenvalue weighted by Crippen LogP contribution is 2.39. The fraction of sp³-hybridized carbons (Fsp3) is 0.500. The highest BCUT2D eigenvalue weighted by molar-refractivity contribution is 7.30. The van der Waals surface area contributed by atoms with E-state index in [9.17, 15) is 9.59 Å². The summed E-state index contributed by atoms with van der Waals surface area (Å²) in [7, 11) is 0. The monoisotopic (exact) mass is 528 g/mol. The largest absolute Gasteiger partial charge is 0.466 e. The van der Waals surface area contributed by atoms with E-state index < -0.39 is 0 Å². The van der Waals surface area contributed by atoms with Crippen molar-refractivity contribution in [3.63, 3.8) is 0 Å². The molecule has 0 bridgehead atoms. The summed E-state index contributed by atoms with van der Waals surface area (Å²) in [4.78, 5) is 33.0. The van der Waals surface area contributed by atoms with Crippen LogP contribution in [0.15, 0.2) is 34.5 Å². The van der Waals surface area contributed by atoms with E-state index >= 15 is 0 Å². The molecule has 1 fully saturated rings. The number of thiazole rings is 1. The third kappa shape index (κ3) is 5.92. The lowest BCUT2D eigenvalue weighted by molar-refractivity contribution is -0.149. The highest BCUT2D eigenvalue weighted by Gasteiger charge is 2.30. The van der Waals surface area contributed by atoms with Crippen LogP contribution in [0, 0.1) is 12.8 Å². The van der Waals surface area contributed by atoms with E-state index in [2.05, 4.69) is 34.0 Å². The van der Waals surface area contributed by atoms with Gasteiger partial charge in [-0.2, -0.15) is 0 Å². The van der Waals surface area contributed by atoms with Crippen molar-refractivity contribution in [2.24, 2.45) is 16.1 Å². The summed E-state index contributed by atoms with van der Waals surface area (Å²) in [5, 5.41) is 9.21. The number of nitrogens with zero attached hydrogens (tertiary/aromatic N) is 4. The first-order valence-corrected chi connectivity index (χ1v) is 14.1. The van der Waals surface area contributed by atoms with Gasteiger partial charge >= 0.3 is 11.9 Å². The molecule has 1 aliphatic carbocycles. The first-order chi connectivity index (χ1) is 17.4. The van der Waals surface area contributed by atoms with Crippen LogP contribution in [-0.4, -0.2) is 42.7 Å². The summed E-state index contributed by atoms with van der Waals surface area (Å²) < 4.78 is 11.8. The molecule has 8 nitrogen and oxygen atoms in total. The third-order valence-corrected chi connectivity index (χ3v) is 8.80. The van der Waals surface area contributed by atoms with Crippen molar-refractivity contribution in [1.29, 1.82) is 0 Å². The molecule has 0 unspecified atom stereocenters. The van der Waals surface area contributed by atoms with Gasteiger partial charge in [0.1, 0.15) is 15.8 Å². The summed E-state index contributed by atoms with van der Waals surface area (Å²) in [6, 6.07) is 8.00. The summed E-state index contributed by atoms with van der Waals surface area (Å²) in [5.74, 6) is -0.558. The predicted octanol–water partition coefficient (Wildman–Crippen LogP) is 7.21. The van der Waals surface area contributed by atoms with Gasteiger partial charge in [-0.15, -0.1) is 21.6 Å². The number of aryl methyl sites for hydroxylation is 1. The van der Waals surface area contributed by atoms with Crippen LogP contribution in [-0.2, 0) is 14.3 Å². The fourth-order valence-electron chi connectivity index (χ4n) is 4.42. The second-order valence-corrected chi connectivity index (χ2v) is 10.7. The number of carbonyl (C=O) groups is 2. The van der Waals surface area contributed by atoms with E-state index in [4.69, 9.17) is 9.47 Å². The molecule has 36 heavy (non-hydrogen) atoms. The van der Waals surface area contributed by atoms with Crippen LogP contribution >= 0.6 is 22.7 Å². The van der Waals surface area contributed by atoms with Crippen LogP contribution in [0.3, 0.4) is 0 Å². The normalized spacial score (nSPS) is 18.0. The molecule has 0 N–H and O–H groups in total. The van der Waals surface area contributed by atoms with Gasteiger partial charge in [0.25, 0.3) is 0 Å². The molecule has 192 valence electrons. The molecule has 4 rings (SSSR count). The number of hydrogen-bond donors (Lipinski definition) is 0. The molecule has 10 heteroatoms. The molecule has 1 saturated carbocycles. The van der Waals surface area contributed by atoms with Crippen molar-refractivity contribution in [2.45, 2.75) is 59.5 Å². The Morgan fingerprint density at radius 1 is 1.03 bits per heavy atom. The standard InChI is InChI=1S/C26H32N4O4S2/c1-5-30(6-2)19-12-10-18(11-13-19)28-29-26-27-23-21(36-26)16(4)22(35-23)25(32)34-20-14-8-17(9-15-20)24(31)33-7-3/h10-13,17,20H,5-9,14-15H2,1-4H3. The maximum atomic E-state index is 12.9. The number of esters is 2. The van der Waals surface area contributed by atoms with Gasteiger partial charge in [-0.05, 0) is 83.2 Å². The van der Waals surface area contributed by atoms with Crippen molar-refractivity contribution >= 4 is 60.6 Å². The van der Waals surface area contributed by atoms with Crippen molar-refractivity contribution in [1.82, 2.24) is 4.98 Å². The van der Waals surface area contributed by atoms with Gasteiger partial charge in [-0.3, -0.25) is 4.79 Å². The van der Waals surface area contributed by atoms with Crippen LogP contribution in [0.1, 0.15) is 61.7 Å². The van der Waals surface area contributed by atoms with Gasteiger partial charge in [0.05, 0.1) is 22.9 Å². The molecule has 0 saturated heterocycles. The minimum Gasteiger partial charge on any atom is -0.466 e. The van der Waals surface area contributed by atoms with Crippen LogP contribution in [0.25, 0.3) is 9.53 Å². The maximum Gasteiger partial charge on any atom is 0.348 e. The zero-order valence-electron chi connectivity index (χ0n) is 21.2. The number of hydrogen-bond acceptors (Lipinski definition) is 10. The average molecular weight is 529 g/mol. The molecule has 0 amide bonds. The quantitative estimate of drug-likeness (QED) is 0.215. The van der Waals surface area contributed by atoms with Crippen LogP contribution in [0.4, 0.5) is 16.5 Å². The van der Waals surface area contributed by atoms with Gasteiger partial charge in [0.2, 0.25) is 5.13 Å². The smallest absolute Gasteiger partial charge is 0.348 e. The number of fused-ring (bicyclic) bond motifs is 1. The molecule has 0 radical (unpaired) electrons. The summed E-state index contributed by atoms with van der Waals surface area (Å²) in [5.41, 5.74) is 2.79. The average Bonchev–Trinajstić information content (AvgIpc) is 3.43. The first-order valence-electron chi connectivity index (χ1n) is 12.5. The molecule has 0 atom stereocenters. The Morgan fingerprint density at radius 3 is 2.33 bits per heavy atom. The zero-order valence-corrected chi connectivity index (χ0v) is 22.8. The van der Waals surface area contributed by atoms with Gasteiger partial charge < -0.3 is 14.4 Å². The molecule has 3 aromatic rings. The number of benzene rings is 1. The Bertz CT molecular complexity index is 1220. The number of thiophene rings is 1. The van der Waals surface area contributed by atoms with Crippen molar-refractivity contribution < 1.29 is 19.1 Å². The lowest BCUT2D eigenvalue weighted by Gasteiger charge is -2.26. The minimum atomic E-state index is -0.321. The Morgan fingerprint density at radius 2 is 1.72 bits per heavy atom. The van der Waals surface area contributed by atoms with Crippen molar-refractivity contribution in [2.75, 3.05) is 24.6 Å². The zero-order chi connectivity index (χ0) is 25.7. The van der Waals surface area contributed by atoms with E-state index in [-0.39, 0.29) is 24.0 Å². The molecule has 0 aliphatic heterocycles. The number of rotatable bonds is 9. The lowest BCUT2D eigenvalue weighted by atomic mass is 9.87. The fourth-order valence-corrected chi connectivity index (χ4v) is 6.54. The second-order valence-electron chi connectivity index (χ2n) is 8.71. The van der Waals surface area contributed by atoms with E-state index in [1.54, 1.807) is 0 Å². The molecule has 0 spiro atoms. The van der Waals surface area contributed by atoms with Gasteiger partial charge in [-0.25, -0.2) is 9.78 Å². The van der Waals surface area contributed by atoms with Gasteiger partial charge in [-0.1, -0.05) is 11.3 Å². The molecule has 2 heterocycles. The predicted molar refractivity (Wildman–Crippen MR) is 144 cm³/mol. The molecule has 2 aromatic heterocycles. The second kappa shape index (κ2) is 11.9. The molecule has 1 aromatic carbocycles. The summed E-state index contributed by atoms with van der Waals surface area (Å²) in [6.07, 6.45) is 2.54. The van der Waals surface area contributed by atoms with Crippen molar-refractivity contribution in [3.8, 4) is 0 Å². The number of anilines is 1. The SMILES string of the molecule is CCOC(=O)C1CCC(OC(=O)c2sc3nc(N=Nc4ccc(N(CC)CC)cc4)sc3c2C)CC1. The Hall–Kier alpha value is -2.85.